The molecule has 6 nitrogen and oxygen atoms in total. The maximum absolute atomic E-state index is 12.8. The van der Waals surface area contributed by atoms with Gasteiger partial charge >= 0.3 is 6.03 Å². The molecule has 1 aromatic carbocycles. The van der Waals surface area contributed by atoms with Crippen LogP contribution in [0.25, 0.3) is 0 Å². The van der Waals surface area contributed by atoms with Crippen LogP contribution >= 0.6 is 11.6 Å². The van der Waals surface area contributed by atoms with E-state index in [0.29, 0.717) is 18.5 Å². The number of hydrogen-bond acceptors (Lipinski definition) is 4. The van der Waals surface area contributed by atoms with E-state index in [2.05, 4.69) is 35.0 Å². The first-order valence-corrected chi connectivity index (χ1v) is 11.3. The van der Waals surface area contributed by atoms with E-state index in [9.17, 15) is 4.79 Å². The summed E-state index contributed by atoms with van der Waals surface area (Å²) >= 11 is 6.11. The van der Waals surface area contributed by atoms with Gasteiger partial charge in [0.05, 0.1) is 13.2 Å². The Balaban J connectivity index is 1.51. The summed E-state index contributed by atoms with van der Waals surface area (Å²) in [7, 11) is 0. The maximum atomic E-state index is 12.8. The molecule has 0 spiro atoms. The summed E-state index contributed by atoms with van der Waals surface area (Å²) in [5, 5.41) is 3.98. The van der Waals surface area contributed by atoms with Crippen LogP contribution in [-0.2, 0) is 4.74 Å². The molecule has 2 aliphatic rings. The summed E-state index contributed by atoms with van der Waals surface area (Å²) in [6, 6.07) is 8.36. The van der Waals surface area contributed by atoms with Crippen LogP contribution in [0.15, 0.2) is 24.3 Å². The molecule has 0 aromatic heterocycles. The molecule has 2 fully saturated rings. The summed E-state index contributed by atoms with van der Waals surface area (Å²) in [6.07, 6.45) is 2.26. The minimum absolute atomic E-state index is 0.0555. The smallest absolute Gasteiger partial charge is 0.317 e. The van der Waals surface area contributed by atoms with Crippen LogP contribution in [0.5, 0.6) is 0 Å². The molecular formula is C22H35ClN4O2. The minimum atomic E-state index is 0.0555. The van der Waals surface area contributed by atoms with Gasteiger partial charge in [0.1, 0.15) is 0 Å². The first-order chi connectivity index (χ1) is 14.1. The topological polar surface area (TPSA) is 48.1 Å². The Morgan fingerprint density at radius 3 is 2.41 bits per heavy atom. The number of amides is 2. The lowest BCUT2D eigenvalue weighted by Crippen LogP contribution is -2.56. The van der Waals surface area contributed by atoms with E-state index in [-0.39, 0.29) is 6.03 Å². The highest BCUT2D eigenvalue weighted by atomic mass is 35.5. The number of carbonyl (C=O) groups is 1. The van der Waals surface area contributed by atoms with Crippen molar-refractivity contribution in [3.8, 4) is 0 Å². The van der Waals surface area contributed by atoms with Crippen LogP contribution in [0, 0.1) is 5.92 Å². The summed E-state index contributed by atoms with van der Waals surface area (Å²) in [6.45, 7) is 11.8. The lowest BCUT2D eigenvalue weighted by atomic mass is 9.92. The molecule has 7 heteroatoms. The standard InChI is InChI=1S/C22H35ClN4O2/c1-3-18(4-2)21(26-12-14-29-15-13-26)17-24-22(28)27-10-8-25(9-11-27)20-7-5-6-19(23)16-20/h5-7,16,18,21H,3-4,8-15,17H2,1-2H3,(H,24,28). The van der Waals surface area contributed by atoms with Crippen molar-refractivity contribution in [2.24, 2.45) is 5.92 Å². The third-order valence-corrected chi connectivity index (χ3v) is 6.55. The van der Waals surface area contributed by atoms with Gasteiger partial charge in [-0.05, 0) is 24.1 Å². The van der Waals surface area contributed by atoms with Gasteiger partial charge in [0.2, 0.25) is 0 Å². The molecule has 1 unspecified atom stereocenters. The second-order valence-corrected chi connectivity index (χ2v) is 8.37. The van der Waals surface area contributed by atoms with Crippen LogP contribution in [0.1, 0.15) is 26.7 Å². The van der Waals surface area contributed by atoms with E-state index < -0.39 is 0 Å². The molecule has 2 saturated heterocycles. The number of piperazine rings is 1. The lowest BCUT2D eigenvalue weighted by Gasteiger charge is -2.40. The van der Waals surface area contributed by atoms with E-state index in [1.54, 1.807) is 0 Å². The van der Waals surface area contributed by atoms with Gasteiger partial charge in [-0.1, -0.05) is 44.4 Å². The highest BCUT2D eigenvalue weighted by Gasteiger charge is 2.28. The third kappa shape index (κ3) is 6.00. The van der Waals surface area contributed by atoms with E-state index in [0.717, 1.165) is 76.0 Å². The number of rotatable bonds is 7. The molecule has 2 amide bonds. The number of halogens is 1. The van der Waals surface area contributed by atoms with Crippen molar-refractivity contribution >= 4 is 23.3 Å². The minimum Gasteiger partial charge on any atom is -0.379 e. The van der Waals surface area contributed by atoms with Gasteiger partial charge in [-0.25, -0.2) is 4.79 Å². The summed E-state index contributed by atoms with van der Waals surface area (Å²) < 4.78 is 5.52. The zero-order chi connectivity index (χ0) is 20.6. The van der Waals surface area contributed by atoms with Crippen molar-refractivity contribution in [2.45, 2.75) is 32.7 Å². The Labute approximate surface area is 180 Å². The SMILES string of the molecule is CCC(CC)C(CNC(=O)N1CCN(c2cccc(Cl)c2)CC1)N1CCOCC1. The van der Waals surface area contributed by atoms with Gasteiger partial charge in [0, 0.05) is 62.6 Å². The van der Waals surface area contributed by atoms with Crippen LogP contribution in [0.2, 0.25) is 5.02 Å². The largest absolute Gasteiger partial charge is 0.379 e. The van der Waals surface area contributed by atoms with Crippen LogP contribution in [0.4, 0.5) is 10.5 Å². The normalized spacial score (nSPS) is 19.4. The number of nitrogens with one attached hydrogen (secondary N) is 1. The van der Waals surface area contributed by atoms with Gasteiger partial charge < -0.3 is 19.9 Å². The molecule has 1 N–H and O–H groups in total. The number of morpholine rings is 1. The fourth-order valence-corrected chi connectivity index (χ4v) is 4.66. The predicted octanol–water partition coefficient (Wildman–Crippen LogP) is 3.31. The van der Waals surface area contributed by atoms with Crippen molar-refractivity contribution in [3.63, 3.8) is 0 Å². The highest BCUT2D eigenvalue weighted by Crippen LogP contribution is 2.22. The number of benzene rings is 1. The van der Waals surface area contributed by atoms with Crippen LogP contribution in [-0.4, -0.2) is 80.9 Å². The molecule has 1 aromatic rings. The summed E-state index contributed by atoms with van der Waals surface area (Å²) in [5.41, 5.74) is 1.12. The number of carbonyl (C=O) groups excluding carboxylic acids is 1. The van der Waals surface area contributed by atoms with Crippen molar-refractivity contribution in [3.05, 3.63) is 29.3 Å². The van der Waals surface area contributed by atoms with Crippen molar-refractivity contribution in [2.75, 3.05) is 63.9 Å². The van der Waals surface area contributed by atoms with Crippen molar-refractivity contribution < 1.29 is 9.53 Å². The number of urea groups is 1. The Bertz CT molecular complexity index is 641. The molecule has 0 saturated carbocycles. The monoisotopic (exact) mass is 422 g/mol. The Kier molecular flexibility index (Phi) is 8.45. The fourth-order valence-electron chi connectivity index (χ4n) is 4.48. The molecule has 0 bridgehead atoms. The number of ether oxygens (including phenoxy) is 1. The number of hydrogen-bond donors (Lipinski definition) is 1. The second-order valence-electron chi connectivity index (χ2n) is 7.93. The van der Waals surface area contributed by atoms with E-state index >= 15 is 0 Å². The first-order valence-electron chi connectivity index (χ1n) is 11.0. The average molecular weight is 423 g/mol. The van der Waals surface area contributed by atoms with E-state index in [1.165, 1.54) is 0 Å². The molecule has 3 rings (SSSR count). The van der Waals surface area contributed by atoms with E-state index in [4.69, 9.17) is 16.3 Å². The zero-order valence-corrected chi connectivity index (χ0v) is 18.5. The lowest BCUT2D eigenvalue weighted by molar-refractivity contribution is 0.00210. The first kappa shape index (κ1) is 22.2. The Morgan fingerprint density at radius 2 is 1.79 bits per heavy atom. The van der Waals surface area contributed by atoms with Gasteiger partial charge in [-0.2, -0.15) is 0 Å². The highest BCUT2D eigenvalue weighted by molar-refractivity contribution is 6.30. The number of anilines is 1. The van der Waals surface area contributed by atoms with Gasteiger partial charge in [-0.15, -0.1) is 0 Å². The molecule has 0 aliphatic carbocycles. The summed E-state index contributed by atoms with van der Waals surface area (Å²) in [5.74, 6) is 0.591. The molecule has 162 valence electrons. The maximum Gasteiger partial charge on any atom is 0.317 e. The Morgan fingerprint density at radius 1 is 1.10 bits per heavy atom. The second kappa shape index (κ2) is 11.0. The van der Waals surface area contributed by atoms with Crippen LogP contribution in [0.3, 0.4) is 0 Å². The van der Waals surface area contributed by atoms with Gasteiger partial charge in [0.15, 0.2) is 0 Å². The molecule has 2 aliphatic heterocycles. The third-order valence-electron chi connectivity index (χ3n) is 6.31. The summed E-state index contributed by atoms with van der Waals surface area (Å²) in [4.78, 5) is 19.5. The van der Waals surface area contributed by atoms with E-state index in [1.807, 2.05) is 23.1 Å². The Hall–Kier alpha value is -1.50. The molecular weight excluding hydrogens is 388 g/mol. The van der Waals surface area contributed by atoms with Gasteiger partial charge in [0.25, 0.3) is 0 Å². The van der Waals surface area contributed by atoms with Crippen LogP contribution < -0.4 is 10.2 Å². The van der Waals surface area contributed by atoms with Gasteiger partial charge in [-0.3, -0.25) is 4.90 Å². The zero-order valence-electron chi connectivity index (χ0n) is 17.8. The molecule has 0 radical (unpaired) electrons. The molecule has 29 heavy (non-hydrogen) atoms. The molecule has 1 atom stereocenters. The number of nitrogens with zero attached hydrogens (tertiary/aromatic N) is 3. The predicted molar refractivity (Wildman–Crippen MR) is 119 cm³/mol. The average Bonchev–Trinajstić information content (AvgIpc) is 2.77. The van der Waals surface area contributed by atoms with Crippen molar-refractivity contribution in [1.29, 1.82) is 0 Å². The quantitative estimate of drug-likeness (QED) is 0.732. The van der Waals surface area contributed by atoms with Crippen molar-refractivity contribution in [1.82, 2.24) is 15.1 Å². The molecule has 2 heterocycles. The fraction of sp³-hybridized carbons (Fsp3) is 0.682.